The highest BCUT2D eigenvalue weighted by atomic mass is 79.9. The molecule has 6 aromatic carbocycles. The van der Waals surface area contributed by atoms with Crippen molar-refractivity contribution >= 4 is 69.2 Å². The first-order chi connectivity index (χ1) is 19.2. The predicted molar refractivity (Wildman–Crippen MR) is 172 cm³/mol. The molecule has 0 amide bonds. The number of hydrogen-bond acceptors (Lipinski definition) is 1. The number of fused-ring (bicyclic) bond motifs is 6. The van der Waals surface area contributed by atoms with E-state index in [9.17, 15) is 0 Å². The molecule has 1 nitrogen and oxygen atoms in total. The number of benzene rings is 6. The van der Waals surface area contributed by atoms with Crippen molar-refractivity contribution in [1.82, 2.24) is 4.57 Å². The summed E-state index contributed by atoms with van der Waals surface area (Å²) in [4.78, 5) is 0. The SMILES string of the molecule is Brc1ccc2sc3ccc(-c4cccc(-c5ccc6c(c5)c5ccccc5n6-c5ccccc5)c4)cc3c2c1. The molecule has 8 rings (SSSR count). The van der Waals surface area contributed by atoms with E-state index in [-0.39, 0.29) is 0 Å². The molecule has 0 aliphatic heterocycles. The van der Waals surface area contributed by atoms with Gasteiger partial charge in [-0.05, 0) is 89.0 Å². The zero-order valence-electron chi connectivity index (χ0n) is 20.9. The molecular formula is C36H22BrNS. The smallest absolute Gasteiger partial charge is 0.0541 e. The van der Waals surface area contributed by atoms with Crippen molar-refractivity contribution in [1.29, 1.82) is 0 Å². The topological polar surface area (TPSA) is 4.93 Å². The second-order valence-electron chi connectivity index (χ2n) is 9.95. The molecule has 2 heterocycles. The number of hydrogen-bond donors (Lipinski definition) is 0. The molecule has 0 aliphatic carbocycles. The number of nitrogens with zero attached hydrogens (tertiary/aromatic N) is 1. The van der Waals surface area contributed by atoms with Crippen LogP contribution in [0.2, 0.25) is 0 Å². The zero-order valence-corrected chi connectivity index (χ0v) is 23.3. The normalized spacial score (nSPS) is 11.7. The molecule has 0 saturated carbocycles. The summed E-state index contributed by atoms with van der Waals surface area (Å²) in [5.74, 6) is 0. The molecule has 0 spiro atoms. The molecule has 0 N–H and O–H groups in total. The minimum atomic E-state index is 1.12. The van der Waals surface area contributed by atoms with Gasteiger partial charge in [0.15, 0.2) is 0 Å². The second kappa shape index (κ2) is 8.94. The lowest BCUT2D eigenvalue weighted by molar-refractivity contribution is 1.18. The van der Waals surface area contributed by atoms with Gasteiger partial charge >= 0.3 is 0 Å². The molecule has 0 radical (unpaired) electrons. The van der Waals surface area contributed by atoms with E-state index in [1.807, 2.05) is 11.3 Å². The van der Waals surface area contributed by atoms with Crippen LogP contribution in [0.25, 0.3) is 69.9 Å². The van der Waals surface area contributed by atoms with Gasteiger partial charge in [-0.15, -0.1) is 11.3 Å². The van der Waals surface area contributed by atoms with E-state index in [0.717, 1.165) is 4.47 Å². The molecule has 39 heavy (non-hydrogen) atoms. The van der Waals surface area contributed by atoms with Crippen LogP contribution in [0.4, 0.5) is 0 Å². The monoisotopic (exact) mass is 579 g/mol. The van der Waals surface area contributed by atoms with Crippen molar-refractivity contribution in [3.8, 4) is 27.9 Å². The third-order valence-electron chi connectivity index (χ3n) is 7.65. The van der Waals surface area contributed by atoms with Crippen molar-refractivity contribution < 1.29 is 0 Å². The number of rotatable bonds is 3. The van der Waals surface area contributed by atoms with Gasteiger partial charge in [0, 0.05) is 41.1 Å². The van der Waals surface area contributed by atoms with Gasteiger partial charge in [0.1, 0.15) is 0 Å². The van der Waals surface area contributed by atoms with Gasteiger partial charge in [-0.25, -0.2) is 0 Å². The van der Waals surface area contributed by atoms with Crippen LogP contribution in [-0.4, -0.2) is 4.57 Å². The Morgan fingerprint density at radius 3 is 1.87 bits per heavy atom. The summed E-state index contributed by atoms with van der Waals surface area (Å²) >= 11 is 5.51. The molecule has 3 heteroatoms. The molecule has 0 unspecified atom stereocenters. The fourth-order valence-corrected chi connectivity index (χ4v) is 7.24. The lowest BCUT2D eigenvalue weighted by atomic mass is 9.97. The van der Waals surface area contributed by atoms with Gasteiger partial charge in [-0.2, -0.15) is 0 Å². The largest absolute Gasteiger partial charge is 0.309 e. The summed E-state index contributed by atoms with van der Waals surface area (Å²) in [5.41, 5.74) is 8.56. The van der Waals surface area contributed by atoms with Crippen molar-refractivity contribution in [3.63, 3.8) is 0 Å². The van der Waals surface area contributed by atoms with Crippen molar-refractivity contribution in [2.45, 2.75) is 0 Å². The Bertz CT molecular complexity index is 2190. The molecule has 8 aromatic rings. The van der Waals surface area contributed by atoms with Crippen LogP contribution in [-0.2, 0) is 0 Å². The Kier molecular flexibility index (Phi) is 5.22. The molecule has 0 fully saturated rings. The standard InChI is InChI=1S/C36H22BrNS/c37-27-15-18-36-32(22-27)31-21-26(14-17-35(31)39-36)24-8-6-7-23(19-24)25-13-16-34-30(20-25)29-11-4-5-12-33(29)38(34)28-9-2-1-3-10-28/h1-22H. The van der Waals surface area contributed by atoms with E-state index in [1.54, 1.807) is 0 Å². The highest BCUT2D eigenvalue weighted by molar-refractivity contribution is 9.10. The molecule has 0 saturated heterocycles. The minimum absolute atomic E-state index is 1.12. The Labute approximate surface area is 238 Å². The third kappa shape index (κ3) is 3.73. The van der Waals surface area contributed by atoms with E-state index in [4.69, 9.17) is 0 Å². The van der Waals surface area contributed by atoms with Gasteiger partial charge in [0.2, 0.25) is 0 Å². The molecule has 0 bridgehead atoms. The van der Waals surface area contributed by atoms with Gasteiger partial charge in [0.25, 0.3) is 0 Å². The first kappa shape index (κ1) is 22.8. The first-order valence-electron chi connectivity index (χ1n) is 13.0. The zero-order chi connectivity index (χ0) is 25.9. The lowest BCUT2D eigenvalue weighted by Crippen LogP contribution is -1.92. The van der Waals surface area contributed by atoms with E-state index < -0.39 is 0 Å². The van der Waals surface area contributed by atoms with E-state index in [1.165, 1.54) is 69.9 Å². The molecule has 184 valence electrons. The summed E-state index contributed by atoms with van der Waals surface area (Å²) < 4.78 is 6.13. The molecule has 2 aromatic heterocycles. The highest BCUT2D eigenvalue weighted by Gasteiger charge is 2.13. The van der Waals surface area contributed by atoms with Crippen LogP contribution in [0.3, 0.4) is 0 Å². The summed E-state index contributed by atoms with van der Waals surface area (Å²) in [7, 11) is 0. The van der Waals surface area contributed by atoms with Crippen LogP contribution < -0.4 is 0 Å². The molecular weight excluding hydrogens is 558 g/mol. The maximum atomic E-state index is 3.65. The molecule has 0 aliphatic rings. The second-order valence-corrected chi connectivity index (χ2v) is 12.0. The van der Waals surface area contributed by atoms with Crippen molar-refractivity contribution in [3.05, 3.63) is 138 Å². The molecule has 0 atom stereocenters. The van der Waals surface area contributed by atoms with Crippen molar-refractivity contribution in [2.24, 2.45) is 0 Å². The quantitative estimate of drug-likeness (QED) is 0.196. The number of thiophene rings is 1. The van der Waals surface area contributed by atoms with Crippen molar-refractivity contribution in [2.75, 3.05) is 0 Å². The summed E-state index contributed by atoms with van der Waals surface area (Å²) in [6.45, 7) is 0. The van der Waals surface area contributed by atoms with E-state index in [2.05, 4.69) is 154 Å². The van der Waals surface area contributed by atoms with Gasteiger partial charge in [-0.1, -0.05) is 82.7 Å². The average Bonchev–Trinajstić information content (AvgIpc) is 3.52. The maximum absolute atomic E-state index is 3.65. The van der Waals surface area contributed by atoms with Gasteiger partial charge < -0.3 is 4.57 Å². The number of aromatic nitrogens is 1. The van der Waals surface area contributed by atoms with Crippen LogP contribution in [0.5, 0.6) is 0 Å². The highest BCUT2D eigenvalue weighted by Crippen LogP contribution is 2.39. The maximum Gasteiger partial charge on any atom is 0.0541 e. The Morgan fingerprint density at radius 1 is 0.436 bits per heavy atom. The van der Waals surface area contributed by atoms with Gasteiger partial charge in [0.05, 0.1) is 11.0 Å². The minimum Gasteiger partial charge on any atom is -0.309 e. The van der Waals surface area contributed by atoms with Crippen LogP contribution in [0.15, 0.2) is 138 Å². The van der Waals surface area contributed by atoms with Gasteiger partial charge in [-0.3, -0.25) is 0 Å². The Morgan fingerprint density at radius 2 is 1.05 bits per heavy atom. The van der Waals surface area contributed by atoms with Crippen LogP contribution >= 0.6 is 27.3 Å². The first-order valence-corrected chi connectivity index (χ1v) is 14.7. The summed E-state index contributed by atoms with van der Waals surface area (Å²) in [6, 6.07) is 48.6. The lowest BCUT2D eigenvalue weighted by Gasteiger charge is -2.09. The third-order valence-corrected chi connectivity index (χ3v) is 9.29. The predicted octanol–water partition coefficient (Wildman–Crippen LogP) is 11.2. The van der Waals surface area contributed by atoms with Crippen LogP contribution in [0, 0.1) is 0 Å². The average molecular weight is 581 g/mol. The van der Waals surface area contributed by atoms with E-state index in [0.29, 0.717) is 0 Å². The summed E-state index contributed by atoms with van der Waals surface area (Å²) in [6.07, 6.45) is 0. The fraction of sp³-hybridized carbons (Fsp3) is 0. The number of para-hydroxylation sites is 2. The Hall–Kier alpha value is -4.18. The van der Waals surface area contributed by atoms with Crippen LogP contribution in [0.1, 0.15) is 0 Å². The van der Waals surface area contributed by atoms with E-state index >= 15 is 0 Å². The fourth-order valence-electron chi connectivity index (χ4n) is 5.82. The summed E-state index contributed by atoms with van der Waals surface area (Å²) in [5, 5.41) is 5.17. The number of halogens is 1. The Balaban J connectivity index is 1.27.